The quantitative estimate of drug-likeness (QED) is 0.601. The van der Waals surface area contributed by atoms with Gasteiger partial charge in [0.15, 0.2) is 0 Å². The van der Waals surface area contributed by atoms with Gasteiger partial charge in [0.2, 0.25) is 0 Å². The maximum absolute atomic E-state index is 3.74. The van der Waals surface area contributed by atoms with Gasteiger partial charge >= 0.3 is 0 Å². The molecule has 2 rings (SSSR count). The van der Waals surface area contributed by atoms with E-state index in [2.05, 4.69) is 43.0 Å². The minimum absolute atomic E-state index is 0.890. The Morgan fingerprint density at radius 2 is 2.08 bits per heavy atom. The molecule has 0 amide bonds. The summed E-state index contributed by atoms with van der Waals surface area (Å²) in [5.41, 5.74) is 1.23. The van der Waals surface area contributed by atoms with Crippen molar-refractivity contribution in [3.63, 3.8) is 0 Å². The molecule has 0 unspecified atom stereocenters. The Labute approximate surface area is 78.5 Å². The van der Waals surface area contributed by atoms with Crippen molar-refractivity contribution in [2.45, 2.75) is 6.42 Å². The van der Waals surface area contributed by atoms with Gasteiger partial charge in [-0.1, -0.05) is 42.5 Å². The third-order valence-corrected chi connectivity index (χ3v) is 2.15. The molecule has 0 aliphatic rings. The van der Waals surface area contributed by atoms with Crippen LogP contribution in [0.3, 0.4) is 0 Å². The topological polar surface area (TPSA) is 0 Å². The van der Waals surface area contributed by atoms with E-state index in [1.54, 1.807) is 0 Å². The third kappa shape index (κ3) is 1.48. The van der Waals surface area contributed by atoms with Crippen LogP contribution in [0, 0.1) is 6.07 Å². The first-order chi connectivity index (χ1) is 6.42. The van der Waals surface area contributed by atoms with Gasteiger partial charge in [-0.15, -0.1) is 6.58 Å². The maximum atomic E-state index is 3.74. The molecule has 2 aromatic carbocycles. The van der Waals surface area contributed by atoms with Gasteiger partial charge in [-0.3, -0.25) is 0 Å². The lowest BCUT2D eigenvalue weighted by Gasteiger charge is -2.02. The summed E-state index contributed by atoms with van der Waals surface area (Å²) in [6.07, 6.45) is 2.81. The van der Waals surface area contributed by atoms with Gasteiger partial charge in [0.1, 0.15) is 0 Å². The van der Waals surface area contributed by atoms with Crippen LogP contribution in [0.1, 0.15) is 5.56 Å². The number of benzene rings is 2. The summed E-state index contributed by atoms with van der Waals surface area (Å²) in [5, 5.41) is 2.56. The van der Waals surface area contributed by atoms with Crippen molar-refractivity contribution in [1.82, 2.24) is 0 Å². The normalized spacial score (nSPS) is 10.2. The van der Waals surface area contributed by atoms with E-state index in [9.17, 15) is 0 Å². The van der Waals surface area contributed by atoms with Crippen LogP contribution < -0.4 is 0 Å². The molecule has 0 nitrogen and oxygen atoms in total. The van der Waals surface area contributed by atoms with E-state index in [1.807, 2.05) is 12.1 Å². The van der Waals surface area contributed by atoms with E-state index in [0.29, 0.717) is 0 Å². The van der Waals surface area contributed by atoms with Crippen LogP contribution in [0.25, 0.3) is 10.8 Å². The molecule has 0 N–H and O–H groups in total. The van der Waals surface area contributed by atoms with Crippen LogP contribution >= 0.6 is 0 Å². The predicted octanol–water partition coefficient (Wildman–Crippen LogP) is 3.37. The molecule has 13 heavy (non-hydrogen) atoms. The molecule has 0 aliphatic carbocycles. The Morgan fingerprint density at radius 3 is 2.92 bits per heavy atom. The summed E-state index contributed by atoms with van der Waals surface area (Å²) < 4.78 is 0. The first kappa shape index (κ1) is 8.06. The van der Waals surface area contributed by atoms with Gasteiger partial charge in [-0.05, 0) is 28.8 Å². The molecule has 0 bridgehead atoms. The van der Waals surface area contributed by atoms with E-state index < -0.39 is 0 Å². The Bertz CT molecular complexity index is 421. The zero-order valence-corrected chi connectivity index (χ0v) is 7.46. The second-order valence-corrected chi connectivity index (χ2v) is 3.04. The van der Waals surface area contributed by atoms with Gasteiger partial charge in [0.25, 0.3) is 0 Å². The zero-order valence-electron chi connectivity index (χ0n) is 7.46. The second-order valence-electron chi connectivity index (χ2n) is 3.04. The summed E-state index contributed by atoms with van der Waals surface area (Å²) in [6, 6.07) is 15.7. The molecule has 0 saturated carbocycles. The van der Waals surface area contributed by atoms with Crippen molar-refractivity contribution < 1.29 is 0 Å². The maximum Gasteiger partial charge on any atom is -0.00878 e. The lowest BCUT2D eigenvalue weighted by Crippen LogP contribution is -1.83. The minimum atomic E-state index is 0.890. The van der Waals surface area contributed by atoms with Crippen LogP contribution in [0.5, 0.6) is 0 Å². The van der Waals surface area contributed by atoms with Crippen LogP contribution in [0.2, 0.25) is 0 Å². The number of fused-ring (bicyclic) bond motifs is 1. The Hall–Kier alpha value is -1.56. The molecule has 0 heterocycles. The molecule has 0 atom stereocenters. The molecule has 0 spiro atoms. The third-order valence-electron chi connectivity index (χ3n) is 2.15. The van der Waals surface area contributed by atoms with E-state index in [0.717, 1.165) is 6.42 Å². The minimum Gasteiger partial charge on any atom is -0.103 e. The molecule has 0 aromatic heterocycles. The fourth-order valence-electron chi connectivity index (χ4n) is 1.54. The average molecular weight is 167 g/mol. The predicted molar refractivity (Wildman–Crippen MR) is 56.7 cm³/mol. The SMILES string of the molecule is C=CCc1[c]ccc2ccccc12. The highest BCUT2D eigenvalue weighted by Gasteiger charge is 1.96. The van der Waals surface area contributed by atoms with E-state index in [4.69, 9.17) is 0 Å². The molecular weight excluding hydrogens is 156 g/mol. The largest absolute Gasteiger partial charge is 0.103 e. The van der Waals surface area contributed by atoms with Crippen LogP contribution in [-0.2, 0) is 6.42 Å². The Morgan fingerprint density at radius 1 is 1.23 bits per heavy atom. The molecular formula is C13H11. The highest BCUT2D eigenvalue weighted by Crippen LogP contribution is 2.18. The van der Waals surface area contributed by atoms with Crippen molar-refractivity contribution in [1.29, 1.82) is 0 Å². The summed E-state index contributed by atoms with van der Waals surface area (Å²) in [7, 11) is 0. The molecule has 1 radical (unpaired) electrons. The summed E-state index contributed by atoms with van der Waals surface area (Å²) in [5.74, 6) is 0. The lowest BCUT2D eigenvalue weighted by atomic mass is 10.0. The van der Waals surface area contributed by atoms with Crippen molar-refractivity contribution in [3.8, 4) is 0 Å². The Kier molecular flexibility index (Phi) is 2.13. The fourth-order valence-corrected chi connectivity index (χ4v) is 1.54. The number of hydrogen-bond donors (Lipinski definition) is 0. The fraction of sp³-hybridized carbons (Fsp3) is 0.0769. The van der Waals surface area contributed by atoms with E-state index in [1.165, 1.54) is 16.3 Å². The number of hydrogen-bond acceptors (Lipinski definition) is 0. The Balaban J connectivity index is 2.68. The van der Waals surface area contributed by atoms with Crippen LogP contribution in [-0.4, -0.2) is 0 Å². The smallest absolute Gasteiger partial charge is 0.00878 e. The second kappa shape index (κ2) is 3.44. The summed E-state index contributed by atoms with van der Waals surface area (Å²) >= 11 is 0. The zero-order chi connectivity index (χ0) is 9.10. The van der Waals surface area contributed by atoms with E-state index in [-0.39, 0.29) is 0 Å². The lowest BCUT2D eigenvalue weighted by molar-refractivity contribution is 1.30. The van der Waals surface area contributed by atoms with Crippen molar-refractivity contribution in [2.75, 3.05) is 0 Å². The van der Waals surface area contributed by atoms with Crippen molar-refractivity contribution >= 4 is 10.8 Å². The highest BCUT2D eigenvalue weighted by atomic mass is 14.0. The van der Waals surface area contributed by atoms with Crippen LogP contribution in [0.15, 0.2) is 49.1 Å². The van der Waals surface area contributed by atoms with Gasteiger partial charge in [-0.25, -0.2) is 0 Å². The molecule has 0 saturated heterocycles. The monoisotopic (exact) mass is 167 g/mol. The molecule has 0 aliphatic heterocycles. The van der Waals surface area contributed by atoms with Crippen molar-refractivity contribution in [2.24, 2.45) is 0 Å². The standard InChI is InChI=1S/C13H11/c1-2-6-11-8-5-9-12-7-3-4-10-13(11)12/h2-5,7,9-10H,1,6H2. The molecule has 63 valence electrons. The van der Waals surface area contributed by atoms with Gasteiger partial charge in [-0.2, -0.15) is 0 Å². The molecule has 2 aromatic rings. The van der Waals surface area contributed by atoms with Crippen LogP contribution in [0.4, 0.5) is 0 Å². The number of rotatable bonds is 2. The number of allylic oxidation sites excluding steroid dienone is 1. The van der Waals surface area contributed by atoms with Crippen molar-refractivity contribution in [3.05, 3.63) is 60.7 Å². The average Bonchev–Trinajstić information content (AvgIpc) is 2.19. The molecule has 0 fully saturated rings. The molecule has 0 heteroatoms. The summed E-state index contributed by atoms with van der Waals surface area (Å²) in [6.45, 7) is 3.74. The van der Waals surface area contributed by atoms with Gasteiger partial charge in [0.05, 0.1) is 0 Å². The highest BCUT2D eigenvalue weighted by molar-refractivity contribution is 5.85. The first-order valence-electron chi connectivity index (χ1n) is 4.41. The summed E-state index contributed by atoms with van der Waals surface area (Å²) in [4.78, 5) is 0. The first-order valence-corrected chi connectivity index (χ1v) is 4.41. The van der Waals surface area contributed by atoms with Gasteiger partial charge in [0, 0.05) is 0 Å². The van der Waals surface area contributed by atoms with E-state index >= 15 is 0 Å². The van der Waals surface area contributed by atoms with Gasteiger partial charge < -0.3 is 0 Å².